The summed E-state index contributed by atoms with van der Waals surface area (Å²) in [5.74, 6) is 1.26. The largest absolute Gasteiger partial charge is 0.353 e. The van der Waals surface area contributed by atoms with Gasteiger partial charge in [0, 0.05) is 12.6 Å². The Morgan fingerprint density at radius 3 is 2.85 bits per heavy atom. The summed E-state index contributed by atoms with van der Waals surface area (Å²) in [7, 11) is 0. The third-order valence-corrected chi connectivity index (χ3v) is 4.44. The molecule has 0 saturated heterocycles. The van der Waals surface area contributed by atoms with E-state index in [2.05, 4.69) is 22.4 Å². The third-order valence-electron chi connectivity index (χ3n) is 3.48. The molecule has 112 valence electrons. The van der Waals surface area contributed by atoms with Crippen LogP contribution in [-0.4, -0.2) is 32.5 Å². The van der Waals surface area contributed by atoms with Crippen LogP contribution in [0.3, 0.4) is 0 Å². The quantitative estimate of drug-likeness (QED) is 0.741. The maximum absolute atomic E-state index is 11.9. The predicted octanol–water partition coefficient (Wildman–Crippen LogP) is 1.30. The van der Waals surface area contributed by atoms with Gasteiger partial charge in [-0.3, -0.25) is 4.79 Å². The van der Waals surface area contributed by atoms with Crippen LogP contribution in [0.4, 0.5) is 0 Å². The molecule has 20 heavy (non-hydrogen) atoms. The second kappa shape index (κ2) is 7.64. The molecule has 0 spiro atoms. The van der Waals surface area contributed by atoms with E-state index < -0.39 is 0 Å². The zero-order chi connectivity index (χ0) is 14.4. The number of nitrogens with two attached hydrogens (primary N) is 1. The van der Waals surface area contributed by atoms with Gasteiger partial charge in [0.15, 0.2) is 5.16 Å². The van der Waals surface area contributed by atoms with Gasteiger partial charge in [-0.15, -0.1) is 10.2 Å². The fourth-order valence-corrected chi connectivity index (χ4v) is 3.29. The van der Waals surface area contributed by atoms with Gasteiger partial charge in [-0.05, 0) is 19.3 Å². The second-order valence-corrected chi connectivity index (χ2v) is 6.03. The second-order valence-electron chi connectivity index (χ2n) is 5.09. The summed E-state index contributed by atoms with van der Waals surface area (Å²) >= 11 is 1.44. The molecule has 1 heterocycles. The number of nitrogens with zero attached hydrogens (tertiary/aromatic N) is 3. The maximum Gasteiger partial charge on any atom is 0.230 e. The third kappa shape index (κ3) is 3.96. The van der Waals surface area contributed by atoms with Crippen molar-refractivity contribution >= 4 is 17.7 Å². The Labute approximate surface area is 123 Å². The number of carbonyl (C=O) groups is 1. The van der Waals surface area contributed by atoms with Crippen molar-refractivity contribution < 1.29 is 4.79 Å². The van der Waals surface area contributed by atoms with Crippen LogP contribution in [-0.2, 0) is 17.9 Å². The van der Waals surface area contributed by atoms with E-state index in [1.165, 1.54) is 24.6 Å². The maximum atomic E-state index is 11.9. The molecule has 0 radical (unpaired) electrons. The molecule has 3 N–H and O–H groups in total. The topological polar surface area (TPSA) is 85.8 Å². The highest BCUT2D eigenvalue weighted by atomic mass is 32.2. The number of nitrogens with one attached hydrogen (secondary N) is 1. The van der Waals surface area contributed by atoms with Gasteiger partial charge in [-0.1, -0.05) is 31.5 Å². The van der Waals surface area contributed by atoms with Crippen LogP contribution in [0.2, 0.25) is 0 Å². The van der Waals surface area contributed by atoms with Gasteiger partial charge >= 0.3 is 0 Å². The zero-order valence-corrected chi connectivity index (χ0v) is 12.8. The van der Waals surface area contributed by atoms with E-state index >= 15 is 0 Å². The van der Waals surface area contributed by atoms with Crippen molar-refractivity contribution in [1.29, 1.82) is 0 Å². The highest BCUT2D eigenvalue weighted by Gasteiger charge is 2.18. The molecule has 1 aromatic heterocycles. The smallest absolute Gasteiger partial charge is 0.230 e. The standard InChI is InChI=1S/C13H23N5OS/c1-2-7-18-11(8-14)16-17-13(18)20-9-12(19)15-10-5-3-4-6-10/h10H,2-9,14H2,1H3,(H,15,19). The Bertz CT molecular complexity index is 442. The van der Waals surface area contributed by atoms with Crippen LogP contribution >= 0.6 is 11.8 Å². The summed E-state index contributed by atoms with van der Waals surface area (Å²) < 4.78 is 2.01. The lowest BCUT2D eigenvalue weighted by Crippen LogP contribution is -2.33. The van der Waals surface area contributed by atoms with Crippen LogP contribution in [0.5, 0.6) is 0 Å². The van der Waals surface area contributed by atoms with Gasteiger partial charge in [-0.25, -0.2) is 0 Å². The van der Waals surface area contributed by atoms with E-state index in [0.29, 0.717) is 18.3 Å². The Balaban J connectivity index is 1.86. The first-order valence-electron chi connectivity index (χ1n) is 7.29. The Hall–Kier alpha value is -1.08. The molecule has 7 heteroatoms. The minimum Gasteiger partial charge on any atom is -0.353 e. The van der Waals surface area contributed by atoms with Gasteiger partial charge in [-0.2, -0.15) is 0 Å². The van der Waals surface area contributed by atoms with Crippen molar-refractivity contribution in [3.8, 4) is 0 Å². The molecule has 0 unspecified atom stereocenters. The number of amides is 1. The normalized spacial score (nSPS) is 15.7. The highest BCUT2D eigenvalue weighted by Crippen LogP contribution is 2.20. The molecule has 1 aromatic rings. The molecule has 1 aliphatic carbocycles. The zero-order valence-electron chi connectivity index (χ0n) is 12.0. The van der Waals surface area contributed by atoms with Gasteiger partial charge in [0.1, 0.15) is 5.82 Å². The fourth-order valence-electron chi connectivity index (χ4n) is 2.49. The molecule has 1 aliphatic rings. The lowest BCUT2D eigenvalue weighted by Gasteiger charge is -2.11. The predicted molar refractivity (Wildman–Crippen MR) is 79.3 cm³/mol. The molecule has 1 saturated carbocycles. The number of aromatic nitrogens is 3. The molecule has 1 fully saturated rings. The van der Waals surface area contributed by atoms with Gasteiger partial charge in [0.25, 0.3) is 0 Å². The molecule has 0 aromatic carbocycles. The SMILES string of the molecule is CCCn1c(CN)nnc1SCC(=O)NC1CCCC1. The molecule has 0 atom stereocenters. The van der Waals surface area contributed by atoms with E-state index in [1.807, 2.05) is 4.57 Å². The molecule has 0 bridgehead atoms. The minimum absolute atomic E-state index is 0.0854. The lowest BCUT2D eigenvalue weighted by atomic mass is 10.2. The van der Waals surface area contributed by atoms with Crippen LogP contribution in [0.25, 0.3) is 0 Å². The monoisotopic (exact) mass is 297 g/mol. The van der Waals surface area contributed by atoms with Crippen LogP contribution in [0.15, 0.2) is 5.16 Å². The highest BCUT2D eigenvalue weighted by molar-refractivity contribution is 7.99. The van der Waals surface area contributed by atoms with Gasteiger partial charge in [0.05, 0.1) is 12.3 Å². The summed E-state index contributed by atoms with van der Waals surface area (Å²) in [6.07, 6.45) is 5.66. The number of hydrogen-bond donors (Lipinski definition) is 2. The lowest BCUT2D eigenvalue weighted by molar-refractivity contribution is -0.119. The van der Waals surface area contributed by atoms with E-state index in [4.69, 9.17) is 5.73 Å². The number of thioether (sulfide) groups is 1. The summed E-state index contributed by atoms with van der Waals surface area (Å²) in [6, 6.07) is 0.371. The van der Waals surface area contributed by atoms with Crippen molar-refractivity contribution in [2.24, 2.45) is 5.73 Å². The molecule has 1 amide bonds. The van der Waals surface area contributed by atoms with Crippen LogP contribution in [0.1, 0.15) is 44.9 Å². The number of carbonyl (C=O) groups excluding carboxylic acids is 1. The minimum atomic E-state index is 0.0854. The van der Waals surface area contributed by atoms with Gasteiger partial charge in [0.2, 0.25) is 5.91 Å². The van der Waals surface area contributed by atoms with Crippen molar-refractivity contribution in [2.45, 2.75) is 63.3 Å². The van der Waals surface area contributed by atoms with Crippen molar-refractivity contribution in [2.75, 3.05) is 5.75 Å². The van der Waals surface area contributed by atoms with Gasteiger partial charge < -0.3 is 15.6 Å². The van der Waals surface area contributed by atoms with Crippen molar-refractivity contribution in [1.82, 2.24) is 20.1 Å². The summed E-state index contributed by atoms with van der Waals surface area (Å²) in [4.78, 5) is 11.9. The summed E-state index contributed by atoms with van der Waals surface area (Å²) in [5, 5.41) is 12.1. The van der Waals surface area contributed by atoms with Crippen LogP contribution < -0.4 is 11.1 Å². The van der Waals surface area contributed by atoms with Crippen LogP contribution in [0, 0.1) is 0 Å². The average Bonchev–Trinajstić information content (AvgIpc) is 3.07. The summed E-state index contributed by atoms with van der Waals surface area (Å²) in [5.41, 5.74) is 5.65. The van der Waals surface area contributed by atoms with E-state index in [9.17, 15) is 4.79 Å². The molecule has 6 nitrogen and oxygen atoms in total. The Kier molecular flexibility index (Phi) is 5.85. The average molecular weight is 297 g/mol. The van der Waals surface area contributed by atoms with E-state index in [0.717, 1.165) is 36.8 Å². The first-order valence-corrected chi connectivity index (χ1v) is 8.27. The Morgan fingerprint density at radius 2 is 2.20 bits per heavy atom. The Morgan fingerprint density at radius 1 is 1.45 bits per heavy atom. The summed E-state index contributed by atoms with van der Waals surface area (Å²) in [6.45, 7) is 3.31. The van der Waals surface area contributed by atoms with Crippen molar-refractivity contribution in [3.63, 3.8) is 0 Å². The molecular formula is C13H23N5OS. The van der Waals surface area contributed by atoms with E-state index in [1.54, 1.807) is 0 Å². The first-order chi connectivity index (χ1) is 9.74. The molecule has 0 aliphatic heterocycles. The van der Waals surface area contributed by atoms with Crippen molar-refractivity contribution in [3.05, 3.63) is 5.82 Å². The molecule has 2 rings (SSSR count). The number of hydrogen-bond acceptors (Lipinski definition) is 5. The first kappa shape index (κ1) is 15.3. The van der Waals surface area contributed by atoms with E-state index in [-0.39, 0.29) is 5.91 Å². The molecular weight excluding hydrogens is 274 g/mol. The fraction of sp³-hybridized carbons (Fsp3) is 0.769. The number of rotatable bonds is 7.